The molecule has 1 N–H and O–H groups in total. The van der Waals surface area contributed by atoms with Crippen molar-refractivity contribution in [1.29, 1.82) is 0 Å². The first-order chi connectivity index (χ1) is 7.84. The van der Waals surface area contributed by atoms with E-state index in [1.54, 1.807) is 0 Å². The lowest BCUT2D eigenvalue weighted by molar-refractivity contribution is 0.122. The van der Waals surface area contributed by atoms with Crippen LogP contribution in [0.15, 0.2) is 18.5 Å². The lowest BCUT2D eigenvalue weighted by atomic mass is 10.3. The third-order valence-electron chi connectivity index (χ3n) is 2.92. The van der Waals surface area contributed by atoms with Gasteiger partial charge >= 0.3 is 0 Å². The molecule has 1 heterocycles. The summed E-state index contributed by atoms with van der Waals surface area (Å²) in [7, 11) is 2.05. The summed E-state index contributed by atoms with van der Waals surface area (Å²) < 4.78 is 7.65. The Kier molecular flexibility index (Phi) is 4.43. The number of ether oxygens (including phenoxy) is 1. The smallest absolute Gasteiger partial charge is 0.0494 e. The fraction of sp³-hybridized carbons (Fsp3) is 0.692. The maximum atomic E-state index is 5.57. The number of aromatic nitrogens is 1. The fourth-order valence-electron chi connectivity index (χ4n) is 1.73. The van der Waals surface area contributed by atoms with Gasteiger partial charge in [-0.15, -0.1) is 0 Å². The van der Waals surface area contributed by atoms with Crippen LogP contribution in [0, 0.1) is 5.92 Å². The van der Waals surface area contributed by atoms with Crippen molar-refractivity contribution >= 4 is 0 Å². The van der Waals surface area contributed by atoms with Gasteiger partial charge in [0.1, 0.15) is 0 Å². The zero-order chi connectivity index (χ0) is 11.2. The van der Waals surface area contributed by atoms with E-state index >= 15 is 0 Å². The predicted molar refractivity (Wildman–Crippen MR) is 65.3 cm³/mol. The van der Waals surface area contributed by atoms with E-state index in [0.29, 0.717) is 0 Å². The lowest BCUT2D eigenvalue weighted by Gasteiger charge is -2.04. The van der Waals surface area contributed by atoms with Crippen molar-refractivity contribution in [3.8, 4) is 0 Å². The molecule has 0 aromatic carbocycles. The Morgan fingerprint density at radius 1 is 1.50 bits per heavy atom. The summed E-state index contributed by atoms with van der Waals surface area (Å²) in [5.41, 5.74) is 1.35. The van der Waals surface area contributed by atoms with Gasteiger partial charge in [0, 0.05) is 39.2 Å². The fourth-order valence-corrected chi connectivity index (χ4v) is 1.73. The lowest BCUT2D eigenvalue weighted by Crippen LogP contribution is -2.16. The van der Waals surface area contributed by atoms with Crippen LogP contribution in [0.3, 0.4) is 0 Å². The van der Waals surface area contributed by atoms with Gasteiger partial charge < -0.3 is 14.6 Å². The molecule has 0 spiro atoms. The Hall–Kier alpha value is -0.800. The molecule has 0 saturated heterocycles. The van der Waals surface area contributed by atoms with E-state index in [0.717, 1.165) is 38.6 Å². The summed E-state index contributed by atoms with van der Waals surface area (Å²) in [6.07, 6.45) is 8.10. The molecule has 3 heteroatoms. The first-order valence-electron chi connectivity index (χ1n) is 6.24. The monoisotopic (exact) mass is 222 g/mol. The van der Waals surface area contributed by atoms with Crippen molar-refractivity contribution in [1.82, 2.24) is 9.88 Å². The van der Waals surface area contributed by atoms with Crippen molar-refractivity contribution in [2.24, 2.45) is 13.0 Å². The topological polar surface area (TPSA) is 26.2 Å². The zero-order valence-electron chi connectivity index (χ0n) is 10.1. The molecule has 3 nitrogen and oxygen atoms in total. The largest absolute Gasteiger partial charge is 0.381 e. The molecular weight excluding hydrogens is 200 g/mol. The van der Waals surface area contributed by atoms with Gasteiger partial charge in [-0.3, -0.25) is 0 Å². The number of rotatable bonds is 8. The van der Waals surface area contributed by atoms with Crippen molar-refractivity contribution in [3.63, 3.8) is 0 Å². The van der Waals surface area contributed by atoms with Crippen LogP contribution in [-0.2, 0) is 18.3 Å². The van der Waals surface area contributed by atoms with Gasteiger partial charge in [-0.1, -0.05) is 0 Å². The van der Waals surface area contributed by atoms with Crippen LogP contribution < -0.4 is 5.32 Å². The standard InChI is InChI=1S/C13H22N2O/c1-15-7-5-13(10-15)9-14-6-2-8-16-11-12-3-4-12/h5,7,10,12,14H,2-4,6,8-9,11H2,1H3. The average molecular weight is 222 g/mol. The van der Waals surface area contributed by atoms with E-state index < -0.39 is 0 Å². The second-order valence-corrected chi connectivity index (χ2v) is 4.73. The minimum absolute atomic E-state index is 0.886. The highest BCUT2D eigenvalue weighted by atomic mass is 16.5. The summed E-state index contributed by atoms with van der Waals surface area (Å²) in [5, 5.41) is 3.43. The highest BCUT2D eigenvalue weighted by molar-refractivity contribution is 5.09. The molecule has 1 aliphatic carbocycles. The molecule has 0 radical (unpaired) electrons. The molecule has 0 bridgehead atoms. The van der Waals surface area contributed by atoms with Gasteiger partial charge in [0.2, 0.25) is 0 Å². The Morgan fingerprint density at radius 3 is 3.06 bits per heavy atom. The van der Waals surface area contributed by atoms with Crippen LogP contribution in [0.25, 0.3) is 0 Å². The highest BCUT2D eigenvalue weighted by Crippen LogP contribution is 2.28. The summed E-state index contributed by atoms with van der Waals surface area (Å²) >= 11 is 0. The van der Waals surface area contributed by atoms with Gasteiger partial charge in [-0.05, 0) is 43.4 Å². The molecule has 0 unspecified atom stereocenters. The van der Waals surface area contributed by atoms with Crippen LogP contribution >= 0.6 is 0 Å². The van der Waals surface area contributed by atoms with Crippen molar-refractivity contribution in [3.05, 3.63) is 24.0 Å². The third kappa shape index (κ3) is 4.37. The van der Waals surface area contributed by atoms with Gasteiger partial charge in [0.25, 0.3) is 0 Å². The van der Waals surface area contributed by atoms with E-state index in [2.05, 4.69) is 35.4 Å². The van der Waals surface area contributed by atoms with E-state index in [-0.39, 0.29) is 0 Å². The van der Waals surface area contributed by atoms with E-state index in [9.17, 15) is 0 Å². The molecule has 2 rings (SSSR count). The number of aryl methyl sites for hydroxylation is 1. The predicted octanol–water partition coefficient (Wildman–Crippen LogP) is 1.93. The molecule has 90 valence electrons. The second kappa shape index (κ2) is 6.06. The van der Waals surface area contributed by atoms with Gasteiger partial charge in [0.15, 0.2) is 0 Å². The Morgan fingerprint density at radius 2 is 2.38 bits per heavy atom. The number of hydrogen-bond donors (Lipinski definition) is 1. The summed E-state index contributed by atoms with van der Waals surface area (Å²) in [6.45, 7) is 3.89. The molecule has 0 aliphatic heterocycles. The van der Waals surface area contributed by atoms with Crippen LogP contribution in [0.4, 0.5) is 0 Å². The molecular formula is C13H22N2O. The molecule has 1 fully saturated rings. The minimum atomic E-state index is 0.886. The molecule has 16 heavy (non-hydrogen) atoms. The molecule has 1 aromatic rings. The molecule has 1 aromatic heterocycles. The Bertz CT molecular complexity index is 305. The molecule has 0 atom stereocenters. The normalized spacial score (nSPS) is 15.6. The third-order valence-corrected chi connectivity index (χ3v) is 2.92. The van der Waals surface area contributed by atoms with Crippen molar-refractivity contribution in [2.75, 3.05) is 19.8 Å². The quantitative estimate of drug-likeness (QED) is 0.680. The molecule has 1 saturated carbocycles. The maximum Gasteiger partial charge on any atom is 0.0494 e. The molecule has 0 amide bonds. The zero-order valence-corrected chi connectivity index (χ0v) is 10.1. The first kappa shape index (κ1) is 11.7. The number of nitrogens with one attached hydrogen (secondary N) is 1. The minimum Gasteiger partial charge on any atom is -0.381 e. The van der Waals surface area contributed by atoms with Crippen LogP contribution in [-0.4, -0.2) is 24.3 Å². The number of hydrogen-bond acceptors (Lipinski definition) is 2. The van der Waals surface area contributed by atoms with E-state index in [1.807, 2.05) is 0 Å². The average Bonchev–Trinajstić information content (AvgIpc) is 3.00. The number of nitrogens with zero attached hydrogens (tertiary/aromatic N) is 1. The Labute approximate surface area is 97.8 Å². The van der Waals surface area contributed by atoms with Gasteiger partial charge in [0.05, 0.1) is 0 Å². The van der Waals surface area contributed by atoms with Crippen LogP contribution in [0.5, 0.6) is 0 Å². The Balaban J connectivity index is 1.42. The maximum absolute atomic E-state index is 5.57. The summed E-state index contributed by atoms with van der Waals surface area (Å²) in [5.74, 6) is 0.886. The van der Waals surface area contributed by atoms with Gasteiger partial charge in [-0.25, -0.2) is 0 Å². The summed E-state index contributed by atoms with van der Waals surface area (Å²) in [4.78, 5) is 0. The molecule has 1 aliphatic rings. The van der Waals surface area contributed by atoms with Crippen LogP contribution in [0.1, 0.15) is 24.8 Å². The van der Waals surface area contributed by atoms with Gasteiger partial charge in [-0.2, -0.15) is 0 Å². The SMILES string of the molecule is Cn1ccc(CNCCCOCC2CC2)c1. The first-order valence-corrected chi connectivity index (χ1v) is 6.24. The second-order valence-electron chi connectivity index (χ2n) is 4.73. The van der Waals surface area contributed by atoms with Crippen molar-refractivity contribution < 1.29 is 4.74 Å². The van der Waals surface area contributed by atoms with Crippen LogP contribution in [0.2, 0.25) is 0 Å². The summed E-state index contributed by atoms with van der Waals surface area (Å²) in [6, 6.07) is 2.15. The van der Waals surface area contributed by atoms with Crippen molar-refractivity contribution in [2.45, 2.75) is 25.8 Å². The highest BCUT2D eigenvalue weighted by Gasteiger charge is 2.20. The van der Waals surface area contributed by atoms with E-state index in [4.69, 9.17) is 4.74 Å². The van der Waals surface area contributed by atoms with E-state index in [1.165, 1.54) is 18.4 Å².